The van der Waals surface area contributed by atoms with Crippen LogP contribution in [-0.2, 0) is 23.9 Å². The minimum absolute atomic E-state index is 0.0806. The summed E-state index contributed by atoms with van der Waals surface area (Å²) >= 11 is 0. The summed E-state index contributed by atoms with van der Waals surface area (Å²) in [5, 5.41) is 3.52. The third-order valence-corrected chi connectivity index (χ3v) is 9.84. The average Bonchev–Trinajstić information content (AvgIpc) is 3.48. The average molecular weight is 595 g/mol. The lowest BCUT2D eigenvalue weighted by Gasteiger charge is -2.47. The van der Waals surface area contributed by atoms with E-state index >= 15 is 4.39 Å². The first-order valence-electron chi connectivity index (χ1n) is 14.7. The van der Waals surface area contributed by atoms with E-state index in [9.17, 15) is 17.6 Å². The van der Waals surface area contributed by atoms with Crippen molar-refractivity contribution in [3.05, 3.63) is 39.8 Å². The van der Waals surface area contributed by atoms with Gasteiger partial charge in [0.05, 0.1) is 35.2 Å². The van der Waals surface area contributed by atoms with E-state index in [0.29, 0.717) is 36.1 Å². The summed E-state index contributed by atoms with van der Waals surface area (Å²) in [6.45, 7) is 4.12. The lowest BCUT2D eigenvalue weighted by molar-refractivity contribution is -0.140. The number of hydrogen-bond donors (Lipinski definition) is 2. The van der Waals surface area contributed by atoms with Crippen LogP contribution in [0.3, 0.4) is 0 Å². The highest BCUT2D eigenvalue weighted by Gasteiger charge is 2.50. The number of hydrogen-bond acceptors (Lipinski definition) is 8. The largest absolute Gasteiger partial charge is 0.461 e. The molecule has 0 spiro atoms. The van der Waals surface area contributed by atoms with Crippen molar-refractivity contribution in [3.63, 3.8) is 0 Å². The molecule has 5 saturated heterocycles. The van der Waals surface area contributed by atoms with Crippen LogP contribution in [0.1, 0.15) is 66.2 Å². The highest BCUT2D eigenvalue weighted by atomic mass is 19.4. The summed E-state index contributed by atoms with van der Waals surface area (Å²) in [6, 6.07) is 1.59. The second-order valence-corrected chi connectivity index (χ2v) is 12.5. The molecular weight excluding hydrogens is 559 g/mol. The normalized spacial score (nSPS) is 31.0. The molecule has 0 saturated carbocycles. The Bertz CT molecular complexity index is 1380. The second kappa shape index (κ2) is 10.2. The Morgan fingerprint density at radius 2 is 2.07 bits per heavy atom. The molecule has 228 valence electrons. The van der Waals surface area contributed by atoms with Gasteiger partial charge in [-0.25, -0.2) is 8.78 Å². The highest BCUT2D eigenvalue weighted by Crippen LogP contribution is 2.45. The number of benzene rings is 1. The van der Waals surface area contributed by atoms with Crippen LogP contribution in [0.15, 0.2) is 6.07 Å². The van der Waals surface area contributed by atoms with Gasteiger partial charge in [0.2, 0.25) is 0 Å². The molecule has 8 nitrogen and oxygen atoms in total. The SMILES string of the molecule is Cc1cc(N)c(F)c(C2Cc3nc(OC[C@@]45CCCN4C[C@H](F)C5)nc(N4C[C@@H]5CC[C@H]4CN5)c3CO2)c1C(F)(F)F. The Hall–Kier alpha value is -2.77. The first-order valence-corrected chi connectivity index (χ1v) is 14.7. The van der Waals surface area contributed by atoms with Crippen LogP contribution in [0, 0.1) is 12.7 Å². The van der Waals surface area contributed by atoms with E-state index in [1.165, 1.54) is 6.92 Å². The minimum Gasteiger partial charge on any atom is -0.461 e. The van der Waals surface area contributed by atoms with Gasteiger partial charge in [-0.05, 0) is 50.8 Å². The zero-order valence-corrected chi connectivity index (χ0v) is 23.4. The molecule has 0 amide bonds. The maximum atomic E-state index is 15.3. The quantitative estimate of drug-likeness (QED) is 0.393. The van der Waals surface area contributed by atoms with E-state index in [0.717, 1.165) is 51.4 Å². The van der Waals surface area contributed by atoms with Gasteiger partial charge in [0.15, 0.2) is 5.82 Å². The molecule has 1 unspecified atom stereocenters. The predicted octanol–water partition coefficient (Wildman–Crippen LogP) is 4.23. The number of nitrogens with one attached hydrogen (secondary N) is 1. The number of nitrogen functional groups attached to an aromatic ring is 1. The molecule has 6 aliphatic heterocycles. The molecular formula is C29H35F5N6O2. The standard InChI is InChI=1S/C29H35F5N6O2/c1-15-7-20(35)25(31)23(24(15)29(32,33)34)22-8-21-19(13-41-22)26(40-12-17-3-4-18(40)10-36-17)38-27(37-21)42-14-28-5-2-6-39(28)11-16(30)9-28/h7,16-18,22,36H,2-6,8-14,35H2,1H3/t16-,17+,18+,22?,28+/m1/s1. The summed E-state index contributed by atoms with van der Waals surface area (Å²) < 4.78 is 84.4. The Labute approximate surface area is 240 Å². The summed E-state index contributed by atoms with van der Waals surface area (Å²) in [7, 11) is 0. The van der Waals surface area contributed by atoms with Crippen LogP contribution >= 0.6 is 0 Å². The minimum atomic E-state index is -4.80. The number of ether oxygens (including phenoxy) is 2. The fourth-order valence-corrected chi connectivity index (χ4v) is 7.86. The van der Waals surface area contributed by atoms with Gasteiger partial charge < -0.3 is 25.4 Å². The zero-order chi connectivity index (χ0) is 29.4. The Kier molecular flexibility index (Phi) is 6.78. The number of piperidine rings is 2. The molecule has 1 aromatic carbocycles. The second-order valence-electron chi connectivity index (χ2n) is 12.5. The summed E-state index contributed by atoms with van der Waals surface area (Å²) in [5.74, 6) is -0.491. The van der Waals surface area contributed by atoms with Crippen molar-refractivity contribution in [1.82, 2.24) is 20.2 Å². The van der Waals surface area contributed by atoms with Crippen LogP contribution in [0.25, 0.3) is 0 Å². The predicted molar refractivity (Wildman–Crippen MR) is 145 cm³/mol. The zero-order valence-electron chi connectivity index (χ0n) is 23.4. The van der Waals surface area contributed by atoms with Gasteiger partial charge in [-0.15, -0.1) is 0 Å². The summed E-state index contributed by atoms with van der Waals surface area (Å²) in [5.41, 5.74) is 4.29. The van der Waals surface area contributed by atoms with E-state index < -0.39 is 40.9 Å². The van der Waals surface area contributed by atoms with Gasteiger partial charge in [-0.1, -0.05) is 0 Å². The van der Waals surface area contributed by atoms with Gasteiger partial charge in [-0.2, -0.15) is 23.1 Å². The van der Waals surface area contributed by atoms with Gasteiger partial charge in [0.25, 0.3) is 0 Å². The van der Waals surface area contributed by atoms with E-state index in [2.05, 4.69) is 20.1 Å². The molecule has 7 heterocycles. The number of aryl methyl sites for hydroxylation is 1. The number of fused-ring (bicyclic) bond motifs is 5. The van der Waals surface area contributed by atoms with Crippen LogP contribution in [0.5, 0.6) is 6.01 Å². The molecule has 3 N–H and O–H groups in total. The molecule has 0 aliphatic carbocycles. The fourth-order valence-electron chi connectivity index (χ4n) is 7.86. The van der Waals surface area contributed by atoms with E-state index in [1.807, 2.05) is 0 Å². The van der Waals surface area contributed by atoms with Crippen molar-refractivity contribution in [3.8, 4) is 6.01 Å². The number of piperazine rings is 1. The lowest BCUT2D eigenvalue weighted by Crippen LogP contribution is -2.61. The topological polar surface area (TPSA) is 88.8 Å². The molecule has 2 bridgehead atoms. The number of rotatable bonds is 5. The number of aromatic nitrogens is 2. The van der Waals surface area contributed by atoms with E-state index in [4.69, 9.17) is 20.2 Å². The fraction of sp³-hybridized carbons (Fsp3) is 0.655. The number of nitrogens with zero attached hydrogens (tertiary/aromatic N) is 4. The van der Waals surface area contributed by atoms with Crippen molar-refractivity contribution in [1.29, 1.82) is 0 Å². The first-order chi connectivity index (χ1) is 20.0. The molecule has 2 aromatic rings. The molecule has 8 rings (SSSR count). The van der Waals surface area contributed by atoms with Crippen molar-refractivity contribution in [2.75, 3.05) is 43.4 Å². The lowest BCUT2D eigenvalue weighted by atomic mass is 9.90. The third kappa shape index (κ3) is 4.68. The van der Waals surface area contributed by atoms with E-state index in [-0.39, 0.29) is 42.9 Å². The highest BCUT2D eigenvalue weighted by molar-refractivity contribution is 5.56. The molecule has 0 radical (unpaired) electrons. The van der Waals surface area contributed by atoms with E-state index in [1.54, 1.807) is 0 Å². The van der Waals surface area contributed by atoms with Crippen molar-refractivity contribution >= 4 is 11.5 Å². The number of anilines is 2. The van der Waals surface area contributed by atoms with Crippen LogP contribution in [0.4, 0.5) is 33.5 Å². The Balaban J connectivity index is 1.26. The molecule has 6 aliphatic rings. The monoisotopic (exact) mass is 594 g/mol. The van der Waals surface area contributed by atoms with Gasteiger partial charge in [0.1, 0.15) is 18.6 Å². The molecule has 1 aromatic heterocycles. The third-order valence-electron chi connectivity index (χ3n) is 9.84. The summed E-state index contributed by atoms with van der Waals surface area (Å²) in [4.78, 5) is 13.8. The Morgan fingerprint density at radius 1 is 1.24 bits per heavy atom. The van der Waals surface area contributed by atoms with Crippen LogP contribution < -0.4 is 20.7 Å². The smallest absolute Gasteiger partial charge is 0.417 e. The van der Waals surface area contributed by atoms with Crippen molar-refractivity contribution < 1.29 is 31.4 Å². The number of halogens is 5. The van der Waals surface area contributed by atoms with Gasteiger partial charge in [-0.3, -0.25) is 4.90 Å². The van der Waals surface area contributed by atoms with Crippen molar-refractivity contribution in [2.24, 2.45) is 0 Å². The van der Waals surface area contributed by atoms with Gasteiger partial charge >= 0.3 is 12.2 Å². The molecule has 42 heavy (non-hydrogen) atoms. The van der Waals surface area contributed by atoms with Gasteiger partial charge in [0, 0.05) is 55.7 Å². The summed E-state index contributed by atoms with van der Waals surface area (Å²) in [6.07, 6.45) is -2.88. The maximum absolute atomic E-state index is 15.3. The molecule has 5 atom stereocenters. The van der Waals surface area contributed by atoms with Crippen LogP contribution in [-0.4, -0.2) is 71.4 Å². The maximum Gasteiger partial charge on any atom is 0.417 e. The number of nitrogens with two attached hydrogens (primary N) is 1. The molecule has 13 heteroatoms. The Morgan fingerprint density at radius 3 is 2.79 bits per heavy atom. The number of alkyl halides is 4. The van der Waals surface area contributed by atoms with Crippen molar-refractivity contribution in [2.45, 2.75) is 88.1 Å². The first kappa shape index (κ1) is 28.0. The molecule has 5 fully saturated rings. The van der Waals surface area contributed by atoms with Crippen LogP contribution in [0.2, 0.25) is 0 Å².